The van der Waals surface area contributed by atoms with Crippen LogP contribution in [-0.4, -0.2) is 58.5 Å². The summed E-state index contributed by atoms with van der Waals surface area (Å²) in [6.07, 6.45) is 2.66. The van der Waals surface area contributed by atoms with Gasteiger partial charge in [-0.05, 0) is 84.1 Å². The van der Waals surface area contributed by atoms with Crippen LogP contribution in [0.15, 0.2) is 91.1 Å². The molecule has 1 aromatic heterocycles. The van der Waals surface area contributed by atoms with Crippen LogP contribution >= 0.6 is 0 Å². The molecule has 1 unspecified atom stereocenters. The first-order valence-electron chi connectivity index (χ1n) is 15.0. The number of fused-ring (bicyclic) bond motifs is 6. The summed E-state index contributed by atoms with van der Waals surface area (Å²) in [5.41, 5.74) is 3.65. The number of benzene rings is 4. The third-order valence-electron chi connectivity index (χ3n) is 8.12. The number of halogens is 1. The second-order valence-electron chi connectivity index (χ2n) is 11.0. The Balaban J connectivity index is 1.30. The van der Waals surface area contributed by atoms with E-state index in [1.807, 2.05) is 60.7 Å². The third kappa shape index (κ3) is 5.63. The lowest BCUT2D eigenvalue weighted by atomic mass is 9.87. The predicted molar refractivity (Wildman–Crippen MR) is 166 cm³/mol. The molecule has 8 rings (SSSR count). The molecular weight excluding hydrogens is 589 g/mol. The molecule has 3 aliphatic heterocycles. The lowest BCUT2D eigenvalue weighted by molar-refractivity contribution is 0.0687. The van der Waals surface area contributed by atoms with E-state index in [2.05, 4.69) is 15.6 Å². The van der Waals surface area contributed by atoms with Crippen LogP contribution in [0.2, 0.25) is 0 Å². The fourth-order valence-corrected chi connectivity index (χ4v) is 5.87. The number of para-hydroxylation sites is 1. The van der Waals surface area contributed by atoms with Crippen LogP contribution in [0.5, 0.6) is 23.0 Å². The average Bonchev–Trinajstić information content (AvgIpc) is 3.58. The maximum absolute atomic E-state index is 14.6. The fourth-order valence-electron chi connectivity index (χ4n) is 5.87. The van der Waals surface area contributed by atoms with Crippen molar-refractivity contribution in [2.75, 3.05) is 26.8 Å². The molecular formula is C35H30FN5O5. The highest BCUT2D eigenvalue weighted by Gasteiger charge is 2.35. The highest BCUT2D eigenvalue weighted by Crippen LogP contribution is 2.41. The van der Waals surface area contributed by atoms with Crippen LogP contribution in [-0.2, 0) is 6.42 Å². The van der Waals surface area contributed by atoms with E-state index < -0.39 is 17.8 Å². The predicted octanol–water partition coefficient (Wildman–Crippen LogP) is 5.51. The van der Waals surface area contributed by atoms with Crippen LogP contribution in [0.25, 0.3) is 5.69 Å². The lowest BCUT2D eigenvalue weighted by Crippen LogP contribution is -2.40. The topological polar surface area (TPSA) is 108 Å². The number of carbonyl (C=O) groups is 2. The summed E-state index contributed by atoms with van der Waals surface area (Å²) in [7, 11) is 1.56. The highest BCUT2D eigenvalue weighted by molar-refractivity contribution is 5.95. The highest BCUT2D eigenvalue weighted by atomic mass is 19.1. The Hall–Kier alpha value is -5.71. The molecule has 8 bridgehead atoms. The van der Waals surface area contributed by atoms with Gasteiger partial charge in [0.25, 0.3) is 11.8 Å². The standard InChI is InChI=1S/C35H30FN5O5/c1-44-31-13-8-23-19-32(31)45-17-5-15-37-34(42)28-20-26(10-12-29(28)36)46-25-9-11-27-22(18-25)14-16-40(33(23)27)35(43)30-21-41(39-38-30)24-6-3-2-4-7-24/h2-4,6-13,18-21,33H,5,14-17H2,1H3,(H,37,42). The maximum Gasteiger partial charge on any atom is 0.276 e. The van der Waals surface area contributed by atoms with Crippen molar-refractivity contribution >= 4 is 11.8 Å². The van der Waals surface area contributed by atoms with Crippen molar-refractivity contribution in [1.82, 2.24) is 25.2 Å². The molecule has 4 heterocycles. The van der Waals surface area contributed by atoms with E-state index in [1.165, 1.54) is 18.2 Å². The van der Waals surface area contributed by atoms with E-state index in [9.17, 15) is 14.0 Å². The number of nitrogens with zero attached hydrogens (tertiary/aromatic N) is 4. The monoisotopic (exact) mass is 619 g/mol. The fraction of sp³-hybridized carbons (Fsp3) is 0.200. The van der Waals surface area contributed by atoms with Crippen LogP contribution < -0.4 is 19.5 Å². The van der Waals surface area contributed by atoms with Crippen LogP contribution in [0.4, 0.5) is 4.39 Å². The molecule has 1 atom stereocenters. The lowest BCUT2D eigenvalue weighted by Gasteiger charge is -2.37. The second kappa shape index (κ2) is 12.4. The second-order valence-corrected chi connectivity index (χ2v) is 11.0. The van der Waals surface area contributed by atoms with Gasteiger partial charge < -0.3 is 24.4 Å². The minimum absolute atomic E-state index is 0.106. The minimum atomic E-state index is -0.640. The Bertz CT molecular complexity index is 1930. The number of hydrogen-bond acceptors (Lipinski definition) is 7. The molecule has 0 fully saturated rings. The number of rotatable bonds is 3. The molecule has 46 heavy (non-hydrogen) atoms. The van der Waals surface area contributed by atoms with E-state index >= 15 is 0 Å². The zero-order valence-electron chi connectivity index (χ0n) is 25.0. The molecule has 0 spiro atoms. The van der Waals surface area contributed by atoms with Gasteiger partial charge >= 0.3 is 0 Å². The quantitative estimate of drug-likeness (QED) is 0.284. The van der Waals surface area contributed by atoms with Crippen LogP contribution in [0.3, 0.4) is 0 Å². The molecule has 1 N–H and O–H groups in total. The number of nitrogens with one attached hydrogen (secondary N) is 1. The number of methoxy groups -OCH3 is 1. The van der Waals surface area contributed by atoms with Gasteiger partial charge in [0.2, 0.25) is 0 Å². The molecule has 0 aliphatic carbocycles. The zero-order valence-corrected chi connectivity index (χ0v) is 25.0. The first-order chi connectivity index (χ1) is 22.5. The van der Waals surface area contributed by atoms with E-state index in [0.29, 0.717) is 42.4 Å². The van der Waals surface area contributed by atoms with Crippen molar-refractivity contribution in [2.24, 2.45) is 0 Å². The maximum atomic E-state index is 14.6. The van der Waals surface area contributed by atoms with Gasteiger partial charge in [-0.15, -0.1) is 5.10 Å². The molecule has 10 nitrogen and oxygen atoms in total. The first kappa shape index (κ1) is 29.0. The van der Waals surface area contributed by atoms with Crippen LogP contribution in [0.1, 0.15) is 50.0 Å². The number of hydrogen-bond donors (Lipinski definition) is 1. The summed E-state index contributed by atoms with van der Waals surface area (Å²) in [5, 5.41) is 11.2. The van der Waals surface area contributed by atoms with Crippen molar-refractivity contribution in [3.63, 3.8) is 0 Å². The number of amides is 2. The summed E-state index contributed by atoms with van der Waals surface area (Å²) in [6, 6.07) is 24.4. The Morgan fingerprint density at radius 2 is 1.85 bits per heavy atom. The van der Waals surface area contributed by atoms with Crippen molar-refractivity contribution in [2.45, 2.75) is 18.9 Å². The van der Waals surface area contributed by atoms with Gasteiger partial charge in [-0.2, -0.15) is 0 Å². The number of ether oxygens (including phenoxy) is 3. The average molecular weight is 620 g/mol. The zero-order chi connectivity index (χ0) is 31.6. The molecule has 11 heteroatoms. The molecule has 5 aromatic rings. The van der Waals surface area contributed by atoms with Gasteiger partial charge in [0.05, 0.1) is 37.2 Å². The van der Waals surface area contributed by atoms with Crippen molar-refractivity contribution in [3.05, 3.63) is 125 Å². The van der Waals surface area contributed by atoms with Gasteiger partial charge in [-0.3, -0.25) is 9.59 Å². The van der Waals surface area contributed by atoms with Crippen molar-refractivity contribution < 1.29 is 28.2 Å². The molecule has 4 aromatic carbocycles. The summed E-state index contributed by atoms with van der Waals surface area (Å²) in [4.78, 5) is 28.7. The van der Waals surface area contributed by atoms with E-state index in [4.69, 9.17) is 14.2 Å². The number of aromatic nitrogens is 3. The SMILES string of the molecule is COc1ccc2cc1OCCCNC(=O)c1cc(ccc1F)Oc1ccc3c(c1)CCN(C(=O)c1cn(-c4ccccc4)nn1)C23. The Labute approximate surface area is 264 Å². The van der Waals surface area contributed by atoms with Gasteiger partial charge in [0.1, 0.15) is 17.3 Å². The normalized spacial score (nSPS) is 16.0. The minimum Gasteiger partial charge on any atom is -0.493 e. The van der Waals surface area contributed by atoms with E-state index in [1.54, 1.807) is 29.0 Å². The van der Waals surface area contributed by atoms with Gasteiger partial charge in [0.15, 0.2) is 17.2 Å². The van der Waals surface area contributed by atoms with Gasteiger partial charge in [-0.1, -0.05) is 35.5 Å². The summed E-state index contributed by atoms with van der Waals surface area (Å²) in [5.74, 6) is 0.463. The largest absolute Gasteiger partial charge is 0.493 e. The molecule has 3 aliphatic rings. The Morgan fingerprint density at radius 3 is 2.70 bits per heavy atom. The van der Waals surface area contributed by atoms with Gasteiger partial charge in [0, 0.05) is 13.1 Å². The van der Waals surface area contributed by atoms with Crippen molar-refractivity contribution in [1.29, 1.82) is 0 Å². The molecule has 0 radical (unpaired) electrons. The van der Waals surface area contributed by atoms with Crippen molar-refractivity contribution in [3.8, 4) is 28.7 Å². The Kier molecular flexibility index (Phi) is 7.79. The Morgan fingerprint density at radius 1 is 1.02 bits per heavy atom. The first-order valence-corrected chi connectivity index (χ1v) is 15.0. The van der Waals surface area contributed by atoms with E-state index in [-0.39, 0.29) is 30.3 Å². The molecule has 2 amide bonds. The van der Waals surface area contributed by atoms with Crippen LogP contribution in [0, 0.1) is 5.82 Å². The third-order valence-corrected chi connectivity index (χ3v) is 8.12. The van der Waals surface area contributed by atoms with Gasteiger partial charge in [-0.25, -0.2) is 9.07 Å². The summed E-state index contributed by atoms with van der Waals surface area (Å²) in [6.45, 7) is 0.937. The molecule has 0 saturated carbocycles. The smallest absolute Gasteiger partial charge is 0.276 e. The summed E-state index contributed by atoms with van der Waals surface area (Å²) < 4.78 is 34.0. The molecule has 232 valence electrons. The van der Waals surface area contributed by atoms with E-state index in [0.717, 1.165) is 22.4 Å². The summed E-state index contributed by atoms with van der Waals surface area (Å²) >= 11 is 0. The molecule has 0 saturated heterocycles. The number of carbonyl (C=O) groups excluding carboxylic acids is 2.